The van der Waals surface area contributed by atoms with E-state index in [-0.39, 0.29) is 0 Å². The molecule has 0 aromatic heterocycles. The first kappa shape index (κ1) is 14.4. The summed E-state index contributed by atoms with van der Waals surface area (Å²) in [4.78, 5) is 2.37. The van der Waals surface area contributed by atoms with E-state index in [0.29, 0.717) is 6.04 Å². The smallest absolute Gasteiger partial charge is 0.119 e. The SMILES string of the molecule is COc1cccc(CN(C)CCC2CCCC2N)c1. The van der Waals surface area contributed by atoms with Crippen molar-refractivity contribution in [1.29, 1.82) is 0 Å². The molecule has 1 fully saturated rings. The summed E-state index contributed by atoms with van der Waals surface area (Å²) in [5, 5.41) is 0. The van der Waals surface area contributed by atoms with Gasteiger partial charge in [-0.15, -0.1) is 0 Å². The van der Waals surface area contributed by atoms with Gasteiger partial charge in [-0.25, -0.2) is 0 Å². The Labute approximate surface area is 116 Å². The molecule has 1 aromatic carbocycles. The first-order valence-corrected chi connectivity index (χ1v) is 7.26. The van der Waals surface area contributed by atoms with Crippen LogP contribution in [0.25, 0.3) is 0 Å². The molecule has 19 heavy (non-hydrogen) atoms. The normalized spacial score (nSPS) is 22.9. The molecule has 0 bridgehead atoms. The fourth-order valence-corrected chi connectivity index (χ4v) is 2.97. The highest BCUT2D eigenvalue weighted by Gasteiger charge is 2.23. The minimum absolute atomic E-state index is 0.435. The monoisotopic (exact) mass is 262 g/mol. The molecular weight excluding hydrogens is 236 g/mol. The van der Waals surface area contributed by atoms with Crippen molar-refractivity contribution in [2.24, 2.45) is 11.7 Å². The molecule has 2 atom stereocenters. The molecule has 2 rings (SSSR count). The lowest BCUT2D eigenvalue weighted by Gasteiger charge is -2.21. The molecule has 0 spiro atoms. The molecule has 1 aromatic rings. The van der Waals surface area contributed by atoms with Crippen LogP contribution < -0.4 is 10.5 Å². The minimum atomic E-state index is 0.435. The van der Waals surface area contributed by atoms with Gasteiger partial charge in [0.25, 0.3) is 0 Å². The van der Waals surface area contributed by atoms with Gasteiger partial charge in [-0.3, -0.25) is 0 Å². The lowest BCUT2D eigenvalue weighted by Crippen LogP contribution is -2.28. The van der Waals surface area contributed by atoms with Crippen LogP contribution >= 0.6 is 0 Å². The van der Waals surface area contributed by atoms with Gasteiger partial charge in [-0.2, -0.15) is 0 Å². The first-order chi connectivity index (χ1) is 9.19. The van der Waals surface area contributed by atoms with Crippen LogP contribution in [0.3, 0.4) is 0 Å². The van der Waals surface area contributed by atoms with Gasteiger partial charge in [0.05, 0.1) is 7.11 Å². The van der Waals surface area contributed by atoms with Gasteiger partial charge >= 0.3 is 0 Å². The van der Waals surface area contributed by atoms with Gasteiger partial charge in [0.15, 0.2) is 0 Å². The average molecular weight is 262 g/mol. The molecule has 0 aliphatic heterocycles. The van der Waals surface area contributed by atoms with Crippen molar-refractivity contribution in [2.75, 3.05) is 20.7 Å². The first-order valence-electron chi connectivity index (χ1n) is 7.26. The topological polar surface area (TPSA) is 38.5 Å². The molecule has 3 heteroatoms. The standard InChI is InChI=1S/C16H26N2O/c1-18(10-9-14-6-4-8-16(14)17)12-13-5-3-7-15(11-13)19-2/h3,5,7,11,14,16H,4,6,8-10,12,17H2,1-2H3. The van der Waals surface area contributed by atoms with Crippen molar-refractivity contribution in [3.8, 4) is 5.75 Å². The highest BCUT2D eigenvalue weighted by Crippen LogP contribution is 2.27. The van der Waals surface area contributed by atoms with Crippen molar-refractivity contribution in [1.82, 2.24) is 4.90 Å². The van der Waals surface area contributed by atoms with E-state index in [1.54, 1.807) is 7.11 Å². The molecule has 1 aliphatic carbocycles. The minimum Gasteiger partial charge on any atom is -0.497 e. The fourth-order valence-electron chi connectivity index (χ4n) is 2.97. The Hall–Kier alpha value is -1.06. The number of ether oxygens (including phenoxy) is 1. The van der Waals surface area contributed by atoms with Crippen LogP contribution in [0.5, 0.6) is 5.75 Å². The third-order valence-electron chi connectivity index (χ3n) is 4.19. The molecule has 0 radical (unpaired) electrons. The van der Waals surface area contributed by atoms with Crippen LogP contribution in [-0.4, -0.2) is 31.6 Å². The van der Waals surface area contributed by atoms with E-state index in [1.807, 2.05) is 6.07 Å². The molecule has 3 nitrogen and oxygen atoms in total. The van der Waals surface area contributed by atoms with Crippen LogP contribution in [0.15, 0.2) is 24.3 Å². The summed E-state index contributed by atoms with van der Waals surface area (Å²) < 4.78 is 5.26. The van der Waals surface area contributed by atoms with E-state index in [9.17, 15) is 0 Å². The zero-order valence-electron chi connectivity index (χ0n) is 12.1. The number of rotatable bonds is 6. The Morgan fingerprint density at radius 2 is 2.21 bits per heavy atom. The summed E-state index contributed by atoms with van der Waals surface area (Å²) in [7, 11) is 3.89. The Morgan fingerprint density at radius 1 is 1.37 bits per heavy atom. The number of methoxy groups -OCH3 is 1. The van der Waals surface area contributed by atoms with Gasteiger partial charge in [0.2, 0.25) is 0 Å². The molecule has 106 valence electrons. The quantitative estimate of drug-likeness (QED) is 0.856. The number of hydrogen-bond donors (Lipinski definition) is 1. The zero-order chi connectivity index (χ0) is 13.7. The number of nitrogens with zero attached hydrogens (tertiary/aromatic N) is 1. The van der Waals surface area contributed by atoms with E-state index in [1.165, 1.54) is 31.2 Å². The summed E-state index contributed by atoms with van der Waals surface area (Å²) in [6, 6.07) is 8.74. The Kier molecular flexibility index (Phi) is 5.23. The van der Waals surface area contributed by atoms with E-state index >= 15 is 0 Å². The summed E-state index contributed by atoms with van der Waals surface area (Å²) in [5.41, 5.74) is 7.42. The second-order valence-electron chi connectivity index (χ2n) is 5.73. The Bertz CT molecular complexity index is 394. The molecule has 0 amide bonds. The Balaban J connectivity index is 1.78. The fraction of sp³-hybridized carbons (Fsp3) is 0.625. The third-order valence-corrected chi connectivity index (χ3v) is 4.19. The predicted molar refractivity (Wildman–Crippen MR) is 79.3 cm³/mol. The van der Waals surface area contributed by atoms with Crippen molar-refractivity contribution < 1.29 is 4.74 Å². The van der Waals surface area contributed by atoms with Gasteiger partial charge < -0.3 is 15.4 Å². The van der Waals surface area contributed by atoms with Crippen molar-refractivity contribution in [3.05, 3.63) is 29.8 Å². The second-order valence-corrected chi connectivity index (χ2v) is 5.73. The average Bonchev–Trinajstić information content (AvgIpc) is 2.82. The third kappa shape index (κ3) is 4.22. The zero-order valence-corrected chi connectivity index (χ0v) is 12.1. The molecule has 1 saturated carbocycles. The lowest BCUT2D eigenvalue weighted by molar-refractivity contribution is 0.285. The highest BCUT2D eigenvalue weighted by atomic mass is 16.5. The van der Waals surface area contributed by atoms with E-state index in [0.717, 1.165) is 24.8 Å². The second kappa shape index (κ2) is 6.92. The summed E-state index contributed by atoms with van der Waals surface area (Å²) in [5.74, 6) is 1.66. The van der Waals surface area contributed by atoms with Gasteiger partial charge in [0, 0.05) is 12.6 Å². The summed E-state index contributed by atoms with van der Waals surface area (Å²) in [6.45, 7) is 2.09. The van der Waals surface area contributed by atoms with Crippen LogP contribution in [0.2, 0.25) is 0 Å². The van der Waals surface area contributed by atoms with Gasteiger partial charge in [-0.1, -0.05) is 18.6 Å². The van der Waals surface area contributed by atoms with E-state index in [4.69, 9.17) is 10.5 Å². The van der Waals surface area contributed by atoms with Gasteiger partial charge in [0.1, 0.15) is 5.75 Å². The maximum absolute atomic E-state index is 6.12. The highest BCUT2D eigenvalue weighted by molar-refractivity contribution is 5.28. The van der Waals surface area contributed by atoms with Crippen LogP contribution in [0, 0.1) is 5.92 Å². The molecule has 2 N–H and O–H groups in total. The largest absolute Gasteiger partial charge is 0.497 e. The molecule has 0 saturated heterocycles. The number of nitrogens with two attached hydrogens (primary N) is 1. The van der Waals surface area contributed by atoms with Crippen molar-refractivity contribution in [3.63, 3.8) is 0 Å². The molecule has 1 aliphatic rings. The van der Waals surface area contributed by atoms with Crippen molar-refractivity contribution in [2.45, 2.75) is 38.3 Å². The molecule has 0 heterocycles. The Morgan fingerprint density at radius 3 is 2.89 bits per heavy atom. The molecular formula is C16H26N2O. The summed E-state index contributed by atoms with van der Waals surface area (Å²) >= 11 is 0. The lowest BCUT2D eigenvalue weighted by atomic mass is 10.00. The van der Waals surface area contributed by atoms with Crippen LogP contribution in [-0.2, 0) is 6.54 Å². The van der Waals surface area contributed by atoms with Crippen LogP contribution in [0.4, 0.5) is 0 Å². The van der Waals surface area contributed by atoms with E-state index in [2.05, 4.69) is 30.1 Å². The van der Waals surface area contributed by atoms with Gasteiger partial charge in [-0.05, 0) is 56.5 Å². The van der Waals surface area contributed by atoms with Crippen molar-refractivity contribution >= 4 is 0 Å². The molecule has 2 unspecified atom stereocenters. The predicted octanol–water partition coefficient (Wildman–Crippen LogP) is 2.64. The van der Waals surface area contributed by atoms with Crippen LogP contribution in [0.1, 0.15) is 31.2 Å². The summed E-state index contributed by atoms with van der Waals surface area (Å²) in [6.07, 6.45) is 5.06. The maximum Gasteiger partial charge on any atom is 0.119 e. The maximum atomic E-state index is 6.12. The number of hydrogen-bond acceptors (Lipinski definition) is 3. The van der Waals surface area contributed by atoms with E-state index < -0.39 is 0 Å². The number of benzene rings is 1.